The maximum atomic E-state index is 13.9. The number of aryl methyl sites for hydroxylation is 2. The summed E-state index contributed by atoms with van der Waals surface area (Å²) in [5, 5.41) is 0. The Bertz CT molecular complexity index is 672. The minimum absolute atomic E-state index is 0.177. The van der Waals surface area contributed by atoms with E-state index in [2.05, 4.69) is 0 Å². The van der Waals surface area contributed by atoms with Crippen LogP contribution < -0.4 is 11.5 Å². The summed E-state index contributed by atoms with van der Waals surface area (Å²) in [6.07, 6.45) is -4.81. The van der Waals surface area contributed by atoms with Crippen molar-refractivity contribution >= 4 is 11.4 Å². The molecule has 0 aliphatic rings. The van der Waals surface area contributed by atoms with Crippen molar-refractivity contribution in [2.24, 2.45) is 0 Å². The topological polar surface area (TPSA) is 52.0 Å². The van der Waals surface area contributed by atoms with E-state index in [0.717, 1.165) is 0 Å². The lowest BCUT2D eigenvalue weighted by Crippen LogP contribution is -2.45. The lowest BCUT2D eigenvalue weighted by atomic mass is 9.74. The van der Waals surface area contributed by atoms with Gasteiger partial charge in [0.25, 0.3) is 0 Å². The molecule has 0 fully saturated rings. The van der Waals surface area contributed by atoms with Crippen LogP contribution in [-0.2, 0) is 5.41 Å². The van der Waals surface area contributed by atoms with Crippen LogP contribution in [-0.4, -0.2) is 12.9 Å². The molecular formula is C17H18F4N2. The van der Waals surface area contributed by atoms with Crippen LogP contribution in [0.1, 0.15) is 22.3 Å². The van der Waals surface area contributed by atoms with Crippen molar-refractivity contribution in [3.8, 4) is 0 Å². The first-order valence-corrected chi connectivity index (χ1v) is 6.99. The molecule has 0 spiro atoms. The molecule has 0 amide bonds. The van der Waals surface area contributed by atoms with Gasteiger partial charge < -0.3 is 11.5 Å². The number of benzene rings is 2. The van der Waals surface area contributed by atoms with Crippen LogP contribution in [0.5, 0.6) is 0 Å². The van der Waals surface area contributed by atoms with Gasteiger partial charge in [-0.05, 0) is 48.2 Å². The second kappa shape index (κ2) is 5.76. The Balaban J connectivity index is 2.79. The van der Waals surface area contributed by atoms with E-state index >= 15 is 0 Å². The molecule has 124 valence electrons. The van der Waals surface area contributed by atoms with E-state index in [9.17, 15) is 17.6 Å². The molecule has 0 atom stereocenters. The number of halogens is 4. The number of nitrogen functional groups attached to an aromatic ring is 2. The zero-order chi connectivity index (χ0) is 17.4. The smallest absolute Gasteiger partial charge is 0.399 e. The summed E-state index contributed by atoms with van der Waals surface area (Å²) in [6.45, 7) is 1.57. The fourth-order valence-corrected chi connectivity index (χ4v) is 2.61. The predicted molar refractivity (Wildman–Crippen MR) is 84.0 cm³/mol. The summed E-state index contributed by atoms with van der Waals surface area (Å²) in [7, 11) is 0. The van der Waals surface area contributed by atoms with Gasteiger partial charge in [0.05, 0.1) is 0 Å². The molecule has 6 heteroatoms. The minimum Gasteiger partial charge on any atom is -0.399 e. The summed E-state index contributed by atoms with van der Waals surface area (Å²) in [4.78, 5) is 0. The van der Waals surface area contributed by atoms with Gasteiger partial charge >= 0.3 is 6.18 Å². The van der Waals surface area contributed by atoms with Crippen molar-refractivity contribution in [3.63, 3.8) is 0 Å². The minimum atomic E-state index is -4.81. The lowest BCUT2D eigenvalue weighted by Gasteiger charge is -2.35. The Hall–Kier alpha value is -2.24. The number of rotatable bonds is 3. The van der Waals surface area contributed by atoms with Crippen LogP contribution in [0.3, 0.4) is 0 Å². The summed E-state index contributed by atoms with van der Waals surface area (Å²) in [6, 6.07) is 7.75. The fraction of sp³-hybridized carbons (Fsp3) is 0.294. The highest BCUT2D eigenvalue weighted by atomic mass is 19.4. The first-order valence-electron chi connectivity index (χ1n) is 6.99. The van der Waals surface area contributed by atoms with E-state index < -0.39 is 18.3 Å². The molecule has 0 unspecified atom stereocenters. The van der Waals surface area contributed by atoms with Gasteiger partial charge in [-0.1, -0.05) is 24.3 Å². The molecule has 0 saturated carbocycles. The number of hydrogen-bond donors (Lipinski definition) is 2. The maximum absolute atomic E-state index is 13.9. The highest BCUT2D eigenvalue weighted by Gasteiger charge is 2.57. The number of alkyl halides is 4. The first-order chi connectivity index (χ1) is 10.6. The normalized spacial score (nSPS) is 12.4. The summed E-state index contributed by atoms with van der Waals surface area (Å²) < 4.78 is 55.6. The molecular weight excluding hydrogens is 308 g/mol. The molecule has 0 bridgehead atoms. The van der Waals surface area contributed by atoms with Crippen LogP contribution in [0.2, 0.25) is 0 Å². The van der Waals surface area contributed by atoms with Crippen LogP contribution in [0.15, 0.2) is 36.4 Å². The van der Waals surface area contributed by atoms with Crippen LogP contribution in [0.25, 0.3) is 0 Å². The van der Waals surface area contributed by atoms with E-state index in [0.29, 0.717) is 22.5 Å². The monoisotopic (exact) mass is 326 g/mol. The lowest BCUT2D eigenvalue weighted by molar-refractivity contribution is -0.182. The van der Waals surface area contributed by atoms with Gasteiger partial charge in [0, 0.05) is 11.4 Å². The number of anilines is 2. The molecule has 0 aliphatic carbocycles. The summed E-state index contributed by atoms with van der Waals surface area (Å²) in [5.74, 6) is 0. The second-order valence-electron chi connectivity index (χ2n) is 5.68. The third kappa shape index (κ3) is 2.73. The molecule has 2 nitrogen and oxygen atoms in total. The maximum Gasteiger partial charge on any atom is 0.404 e. The molecule has 4 N–H and O–H groups in total. The van der Waals surface area contributed by atoms with E-state index in [-0.39, 0.29) is 11.1 Å². The number of nitrogens with two attached hydrogens (primary N) is 2. The standard InChI is InChI=1S/C17H18F4N2/c1-10-7-12(3-5-14(10)22)16(9-18,17(19,20)21)13-4-6-15(23)11(2)8-13/h3-8H,9,22-23H2,1-2H3. The van der Waals surface area contributed by atoms with Crippen molar-refractivity contribution in [1.29, 1.82) is 0 Å². The highest BCUT2D eigenvalue weighted by Crippen LogP contribution is 2.47. The molecule has 2 rings (SSSR count). The zero-order valence-electron chi connectivity index (χ0n) is 12.8. The molecule has 2 aromatic carbocycles. The van der Waals surface area contributed by atoms with Gasteiger partial charge in [0.2, 0.25) is 0 Å². The SMILES string of the molecule is Cc1cc(C(CF)(c2ccc(N)c(C)c2)C(F)(F)F)ccc1N. The third-order valence-corrected chi connectivity index (χ3v) is 4.21. The molecule has 2 aromatic rings. The van der Waals surface area contributed by atoms with Crippen LogP contribution in [0.4, 0.5) is 28.9 Å². The molecule has 0 radical (unpaired) electrons. The number of hydrogen-bond acceptors (Lipinski definition) is 2. The fourth-order valence-electron chi connectivity index (χ4n) is 2.61. The van der Waals surface area contributed by atoms with Crippen molar-refractivity contribution < 1.29 is 17.6 Å². The average molecular weight is 326 g/mol. The summed E-state index contributed by atoms with van der Waals surface area (Å²) >= 11 is 0. The third-order valence-electron chi connectivity index (χ3n) is 4.21. The van der Waals surface area contributed by atoms with Crippen LogP contribution >= 0.6 is 0 Å². The van der Waals surface area contributed by atoms with Gasteiger partial charge in [-0.2, -0.15) is 13.2 Å². The van der Waals surface area contributed by atoms with Crippen molar-refractivity contribution in [3.05, 3.63) is 58.7 Å². The Morgan fingerprint density at radius 3 is 1.48 bits per heavy atom. The van der Waals surface area contributed by atoms with E-state index in [1.807, 2.05) is 0 Å². The van der Waals surface area contributed by atoms with Crippen molar-refractivity contribution in [1.82, 2.24) is 0 Å². The molecule has 0 aliphatic heterocycles. The quantitative estimate of drug-likeness (QED) is 0.653. The summed E-state index contributed by atoms with van der Waals surface area (Å²) in [5.41, 5.74) is 9.90. The van der Waals surface area contributed by atoms with Gasteiger partial charge in [-0.3, -0.25) is 0 Å². The molecule has 0 aromatic heterocycles. The largest absolute Gasteiger partial charge is 0.404 e. The molecule has 23 heavy (non-hydrogen) atoms. The van der Waals surface area contributed by atoms with Crippen LogP contribution in [0, 0.1) is 13.8 Å². The Labute approximate surface area is 132 Å². The van der Waals surface area contributed by atoms with Gasteiger partial charge in [-0.15, -0.1) is 0 Å². The second-order valence-corrected chi connectivity index (χ2v) is 5.68. The molecule has 0 saturated heterocycles. The Morgan fingerprint density at radius 2 is 1.22 bits per heavy atom. The Kier molecular flexibility index (Phi) is 4.28. The highest BCUT2D eigenvalue weighted by molar-refractivity contribution is 5.55. The molecule has 0 heterocycles. The van der Waals surface area contributed by atoms with Crippen molar-refractivity contribution in [2.75, 3.05) is 18.1 Å². The average Bonchev–Trinajstić information content (AvgIpc) is 2.46. The first kappa shape index (κ1) is 17.1. The zero-order valence-corrected chi connectivity index (χ0v) is 12.8. The van der Waals surface area contributed by atoms with Gasteiger partial charge in [0.1, 0.15) is 12.1 Å². The van der Waals surface area contributed by atoms with Gasteiger partial charge in [-0.25, -0.2) is 4.39 Å². The van der Waals surface area contributed by atoms with Crippen molar-refractivity contribution in [2.45, 2.75) is 25.4 Å². The van der Waals surface area contributed by atoms with E-state index in [4.69, 9.17) is 11.5 Å². The Morgan fingerprint density at radius 1 is 0.826 bits per heavy atom. The predicted octanol–water partition coefficient (Wildman–Crippen LogP) is 4.29. The van der Waals surface area contributed by atoms with Gasteiger partial charge in [0.15, 0.2) is 0 Å². The van der Waals surface area contributed by atoms with E-state index in [1.54, 1.807) is 13.8 Å². The van der Waals surface area contributed by atoms with E-state index in [1.165, 1.54) is 36.4 Å².